The van der Waals surface area contributed by atoms with Gasteiger partial charge in [-0.1, -0.05) is 30.3 Å². The number of hydrogen-bond donors (Lipinski definition) is 0. The summed E-state index contributed by atoms with van der Waals surface area (Å²) in [6, 6.07) is 9.36. The van der Waals surface area contributed by atoms with Crippen molar-refractivity contribution < 1.29 is 13.9 Å². The number of hydrogen-bond acceptors (Lipinski definition) is 3. The average molecular weight is 330 g/mol. The van der Waals surface area contributed by atoms with Crippen LogP contribution in [0.25, 0.3) is 11.3 Å². The van der Waals surface area contributed by atoms with E-state index in [1.54, 1.807) is 4.57 Å². The van der Waals surface area contributed by atoms with Crippen LogP contribution in [-0.4, -0.2) is 21.1 Å². The molecule has 2 heterocycles. The number of carbonyl (C=O) groups excluding carboxylic acids is 1. The van der Waals surface area contributed by atoms with Crippen molar-refractivity contribution in [3.05, 3.63) is 42.1 Å². The lowest BCUT2D eigenvalue weighted by atomic mass is 9.94. The molecule has 128 valence electrons. The second-order valence-electron chi connectivity index (χ2n) is 7.33. The lowest BCUT2D eigenvalue weighted by molar-refractivity contribution is -0.156. The number of fused-ring (bicyclic) bond motifs is 1. The first kappa shape index (κ1) is 16.7. The van der Waals surface area contributed by atoms with Gasteiger partial charge in [0.25, 0.3) is 0 Å². The topological polar surface area (TPSA) is 44.1 Å². The van der Waals surface area contributed by atoms with Gasteiger partial charge in [-0.05, 0) is 33.1 Å². The summed E-state index contributed by atoms with van der Waals surface area (Å²) >= 11 is 0. The van der Waals surface area contributed by atoms with Crippen molar-refractivity contribution >= 4 is 5.97 Å². The summed E-state index contributed by atoms with van der Waals surface area (Å²) in [5.74, 6) is 0.382. The van der Waals surface area contributed by atoms with Crippen molar-refractivity contribution in [2.75, 3.05) is 0 Å². The second kappa shape index (κ2) is 6.38. The summed E-state index contributed by atoms with van der Waals surface area (Å²) in [6.45, 7) is 6.13. The van der Waals surface area contributed by atoms with Crippen LogP contribution >= 0.6 is 0 Å². The van der Waals surface area contributed by atoms with Crippen LogP contribution in [0.5, 0.6) is 0 Å². The van der Waals surface area contributed by atoms with Gasteiger partial charge in [0.1, 0.15) is 17.1 Å². The number of benzene rings is 1. The second-order valence-corrected chi connectivity index (χ2v) is 7.33. The zero-order chi connectivity index (χ0) is 17.3. The summed E-state index contributed by atoms with van der Waals surface area (Å²) in [4.78, 5) is 16.5. The maximum atomic E-state index is 14.6. The molecule has 0 spiro atoms. The predicted molar refractivity (Wildman–Crippen MR) is 89.9 cm³/mol. The van der Waals surface area contributed by atoms with Gasteiger partial charge in [-0.2, -0.15) is 4.39 Å². The zero-order valence-electron chi connectivity index (χ0n) is 14.4. The molecule has 24 heavy (non-hydrogen) atoms. The highest BCUT2D eigenvalue weighted by atomic mass is 19.1. The number of aromatic nitrogens is 2. The van der Waals surface area contributed by atoms with Gasteiger partial charge in [0.05, 0.1) is 0 Å². The molecule has 0 N–H and O–H groups in total. The first-order valence-electron chi connectivity index (χ1n) is 8.35. The van der Waals surface area contributed by atoms with E-state index in [0.717, 1.165) is 12.0 Å². The minimum atomic E-state index is -0.475. The van der Waals surface area contributed by atoms with Crippen LogP contribution in [0, 0.1) is 11.9 Å². The molecule has 4 nitrogen and oxygen atoms in total. The van der Waals surface area contributed by atoms with Crippen LogP contribution in [-0.2, 0) is 22.5 Å². The molecule has 0 fully saturated rings. The molecule has 3 rings (SSSR count). The molecule has 0 saturated carbocycles. The third kappa shape index (κ3) is 3.66. The summed E-state index contributed by atoms with van der Waals surface area (Å²) in [5, 5.41) is 0. The van der Waals surface area contributed by atoms with Crippen LogP contribution in [0.1, 0.15) is 39.4 Å². The van der Waals surface area contributed by atoms with Gasteiger partial charge < -0.3 is 9.30 Å². The minimum absolute atomic E-state index is 0.151. The lowest BCUT2D eigenvalue weighted by Gasteiger charge is -2.25. The molecule has 1 atom stereocenters. The standard InChI is InChI=1S/C19H23FN2O2/c1-19(2,3)24-16(23)12-13-9-10-22-15(11-13)21-17(18(22)20)14-7-5-4-6-8-14/h4-8,13H,9-12H2,1-3H3. The molecular formula is C19H23FN2O2. The Kier molecular flexibility index (Phi) is 4.43. The molecule has 5 heteroatoms. The van der Waals surface area contributed by atoms with E-state index >= 15 is 0 Å². The summed E-state index contributed by atoms with van der Waals surface area (Å²) in [5.41, 5.74) is 0.695. The van der Waals surface area contributed by atoms with Crippen molar-refractivity contribution in [3.63, 3.8) is 0 Å². The third-order valence-corrected chi connectivity index (χ3v) is 4.14. The number of imidazole rings is 1. The Morgan fingerprint density at radius 1 is 1.33 bits per heavy atom. The molecule has 0 radical (unpaired) electrons. The summed E-state index contributed by atoms with van der Waals surface area (Å²) in [7, 11) is 0. The zero-order valence-corrected chi connectivity index (χ0v) is 14.4. The fraction of sp³-hybridized carbons (Fsp3) is 0.474. The highest BCUT2D eigenvalue weighted by molar-refractivity contribution is 5.70. The average Bonchev–Trinajstić information content (AvgIpc) is 2.83. The first-order valence-corrected chi connectivity index (χ1v) is 8.35. The van der Waals surface area contributed by atoms with Gasteiger partial charge in [0.15, 0.2) is 0 Å². The van der Waals surface area contributed by atoms with Gasteiger partial charge in [0, 0.05) is 24.9 Å². The van der Waals surface area contributed by atoms with Gasteiger partial charge in [-0.3, -0.25) is 4.79 Å². The monoisotopic (exact) mass is 330 g/mol. The van der Waals surface area contributed by atoms with Crippen molar-refractivity contribution in [2.45, 2.75) is 52.2 Å². The van der Waals surface area contributed by atoms with E-state index in [-0.39, 0.29) is 17.8 Å². The van der Waals surface area contributed by atoms with Gasteiger partial charge in [-0.15, -0.1) is 0 Å². The Morgan fingerprint density at radius 3 is 2.71 bits per heavy atom. The Labute approximate surface area is 141 Å². The third-order valence-electron chi connectivity index (χ3n) is 4.14. The largest absolute Gasteiger partial charge is 0.460 e. The maximum absolute atomic E-state index is 14.6. The fourth-order valence-corrected chi connectivity index (χ4v) is 3.10. The minimum Gasteiger partial charge on any atom is -0.460 e. The predicted octanol–water partition coefficient (Wildman–Crippen LogP) is 3.98. The molecule has 1 unspecified atom stereocenters. The van der Waals surface area contributed by atoms with E-state index in [4.69, 9.17) is 4.74 Å². The first-order chi connectivity index (χ1) is 11.3. The lowest BCUT2D eigenvalue weighted by Crippen LogP contribution is -2.28. The maximum Gasteiger partial charge on any atom is 0.306 e. The van der Waals surface area contributed by atoms with Gasteiger partial charge in [0.2, 0.25) is 5.95 Å². The van der Waals surface area contributed by atoms with Crippen molar-refractivity contribution in [3.8, 4) is 11.3 Å². The molecule has 1 aliphatic rings. The number of rotatable bonds is 3. The Morgan fingerprint density at radius 2 is 2.04 bits per heavy atom. The summed E-state index contributed by atoms with van der Waals surface area (Å²) < 4.78 is 21.6. The van der Waals surface area contributed by atoms with Crippen LogP contribution in [0.3, 0.4) is 0 Å². The normalized spacial score (nSPS) is 17.4. The smallest absolute Gasteiger partial charge is 0.306 e. The molecule has 2 aromatic rings. The fourth-order valence-electron chi connectivity index (χ4n) is 3.10. The molecule has 0 bridgehead atoms. The van der Waals surface area contributed by atoms with Gasteiger partial charge >= 0.3 is 5.97 Å². The molecule has 0 saturated heterocycles. The number of esters is 1. The van der Waals surface area contributed by atoms with Crippen LogP contribution in [0.4, 0.5) is 4.39 Å². The Balaban J connectivity index is 1.74. The SMILES string of the molecule is CC(C)(C)OC(=O)CC1CCn2c(nc(-c3ccccc3)c2F)C1. The Bertz CT molecular complexity index is 732. The van der Waals surface area contributed by atoms with E-state index in [1.165, 1.54) is 0 Å². The van der Waals surface area contributed by atoms with E-state index < -0.39 is 5.60 Å². The van der Waals surface area contributed by atoms with Crippen molar-refractivity contribution in [1.82, 2.24) is 9.55 Å². The molecule has 1 aromatic carbocycles. The number of nitrogens with zero attached hydrogens (tertiary/aromatic N) is 2. The van der Waals surface area contributed by atoms with Crippen LogP contribution in [0.2, 0.25) is 0 Å². The van der Waals surface area contributed by atoms with E-state index in [0.29, 0.717) is 30.9 Å². The number of carbonyl (C=O) groups is 1. The number of ether oxygens (including phenoxy) is 1. The molecule has 1 aromatic heterocycles. The quantitative estimate of drug-likeness (QED) is 0.800. The molecule has 0 amide bonds. The van der Waals surface area contributed by atoms with Crippen LogP contribution in [0.15, 0.2) is 30.3 Å². The van der Waals surface area contributed by atoms with E-state index in [2.05, 4.69) is 4.98 Å². The molecular weight excluding hydrogens is 307 g/mol. The highest BCUT2D eigenvalue weighted by Gasteiger charge is 2.28. The van der Waals surface area contributed by atoms with E-state index in [1.807, 2.05) is 51.1 Å². The number of halogens is 1. The van der Waals surface area contributed by atoms with Gasteiger partial charge in [-0.25, -0.2) is 4.98 Å². The molecule has 1 aliphatic heterocycles. The van der Waals surface area contributed by atoms with Crippen molar-refractivity contribution in [1.29, 1.82) is 0 Å². The summed E-state index contributed by atoms with van der Waals surface area (Å²) in [6.07, 6.45) is 1.71. The van der Waals surface area contributed by atoms with Crippen LogP contribution < -0.4 is 0 Å². The molecule has 0 aliphatic carbocycles. The Hall–Kier alpha value is -2.17. The highest BCUT2D eigenvalue weighted by Crippen LogP contribution is 2.30. The van der Waals surface area contributed by atoms with E-state index in [9.17, 15) is 9.18 Å². The van der Waals surface area contributed by atoms with Crippen molar-refractivity contribution in [2.24, 2.45) is 5.92 Å².